The van der Waals surface area contributed by atoms with E-state index in [2.05, 4.69) is 137 Å². The number of hydrogen-bond acceptors (Lipinski definition) is 12. The Bertz CT molecular complexity index is 3850. The molecule has 12 heteroatoms. The average molecular weight is 1540 g/mol. The van der Waals surface area contributed by atoms with E-state index >= 15 is 0 Å². The van der Waals surface area contributed by atoms with Crippen LogP contribution in [0.3, 0.4) is 0 Å². The van der Waals surface area contributed by atoms with E-state index in [1.165, 1.54) is 314 Å². The van der Waals surface area contributed by atoms with Gasteiger partial charge in [0.2, 0.25) is 0 Å². The molecule has 0 unspecified atom stereocenters. The molecule has 0 bridgehead atoms. The van der Waals surface area contributed by atoms with Gasteiger partial charge in [-0.15, -0.1) is 68.0 Å². The number of benzene rings is 4. The quantitative estimate of drug-likeness (QED) is 0.0279. The van der Waals surface area contributed by atoms with E-state index < -0.39 is 10.8 Å². The molecule has 106 heavy (non-hydrogen) atoms. The van der Waals surface area contributed by atoms with Crippen molar-refractivity contribution in [3.63, 3.8) is 0 Å². The number of hydrogen-bond donors (Lipinski definition) is 0. The summed E-state index contributed by atoms with van der Waals surface area (Å²) in [7, 11) is 0. The Kier molecular flexibility index (Phi) is 31.2. The zero-order valence-electron chi connectivity index (χ0n) is 64.6. The van der Waals surface area contributed by atoms with Crippen LogP contribution in [0.15, 0.2) is 109 Å². The van der Waals surface area contributed by atoms with Gasteiger partial charge in [0.05, 0.1) is 85.3 Å². The van der Waals surface area contributed by atoms with Crippen molar-refractivity contribution in [1.29, 1.82) is 0 Å². The SMILES string of the molecule is CCCCCCCCCCCCOc1ccc(C2(c3ccc(OCCCCCCCCCCCC)cc3)c3c(sc4cc(C=O)sc34)-c3sc4c5c(sc4c32)-c2sc3cc(C=O)sc3c2C5(c2ccc(OCCCCCCCCCCCC)cc2)c2ccc(OCCCCCCCCCCCC)cc2)cc1. The zero-order chi connectivity index (χ0) is 73.2. The molecule has 0 spiro atoms. The normalized spacial score (nSPS) is 13.3. The van der Waals surface area contributed by atoms with Crippen LogP contribution < -0.4 is 18.9 Å². The van der Waals surface area contributed by atoms with Crippen molar-refractivity contribution in [1.82, 2.24) is 0 Å². The molecule has 0 fully saturated rings. The lowest BCUT2D eigenvalue weighted by Crippen LogP contribution is -2.29. The Morgan fingerprint density at radius 2 is 0.462 bits per heavy atom. The lowest BCUT2D eigenvalue weighted by Gasteiger charge is -2.34. The van der Waals surface area contributed by atoms with E-state index in [4.69, 9.17) is 18.9 Å². The number of unbranched alkanes of at least 4 members (excludes halogenated alkanes) is 36. The van der Waals surface area contributed by atoms with E-state index in [1.54, 1.807) is 22.7 Å². The average Bonchev–Trinajstić information content (AvgIpc) is 1.48. The second kappa shape index (κ2) is 41.4. The van der Waals surface area contributed by atoms with Crippen molar-refractivity contribution in [2.24, 2.45) is 0 Å². The summed E-state index contributed by atoms with van der Waals surface area (Å²) in [4.78, 5) is 32.5. The molecule has 2 aliphatic rings. The lowest BCUT2D eigenvalue weighted by molar-refractivity contribution is 0.111. The van der Waals surface area contributed by atoms with Gasteiger partial charge in [0.1, 0.15) is 23.0 Å². The third kappa shape index (κ3) is 18.9. The summed E-state index contributed by atoms with van der Waals surface area (Å²) in [5.74, 6) is 3.56. The Morgan fingerprint density at radius 3 is 0.689 bits per heavy atom. The molecule has 2 aliphatic carbocycles. The van der Waals surface area contributed by atoms with Crippen LogP contribution in [0.1, 0.15) is 348 Å². The Morgan fingerprint density at radius 1 is 0.255 bits per heavy atom. The van der Waals surface area contributed by atoms with Crippen LogP contribution in [0.2, 0.25) is 0 Å². The summed E-state index contributed by atoms with van der Waals surface area (Å²) in [6.45, 7) is 12.0. The number of rotatable bonds is 54. The van der Waals surface area contributed by atoms with Gasteiger partial charge in [-0.25, -0.2) is 0 Å². The van der Waals surface area contributed by atoms with E-state index in [1.807, 2.05) is 45.3 Å². The van der Waals surface area contributed by atoms with Crippen molar-refractivity contribution < 1.29 is 28.5 Å². The number of carbonyl (C=O) groups is 2. The first-order valence-corrected chi connectivity index (χ1v) is 46.9. The second-order valence-corrected chi connectivity index (χ2v) is 36.8. The minimum absolute atomic E-state index is 0.696. The molecular weight excluding hydrogens is 1420 g/mol. The van der Waals surface area contributed by atoms with Gasteiger partial charge in [-0.05, 0) is 109 Å². The van der Waals surface area contributed by atoms with Crippen LogP contribution in [0.25, 0.3) is 47.7 Å². The van der Waals surface area contributed by atoms with E-state index in [-0.39, 0.29) is 0 Å². The van der Waals surface area contributed by atoms with E-state index in [9.17, 15) is 9.59 Å². The molecule has 6 aromatic heterocycles. The van der Waals surface area contributed by atoms with E-state index in [0.717, 1.165) is 80.4 Å². The molecule has 0 radical (unpaired) electrons. The molecule has 6 heterocycles. The molecule has 0 aliphatic heterocycles. The molecule has 0 saturated heterocycles. The lowest BCUT2D eigenvalue weighted by atomic mass is 9.67. The molecule has 0 N–H and O–H groups in total. The molecule has 0 saturated carbocycles. The highest BCUT2D eigenvalue weighted by Gasteiger charge is 2.56. The topological polar surface area (TPSA) is 71.1 Å². The summed E-state index contributed by atoms with van der Waals surface area (Å²) in [5, 5.41) is 0. The monoisotopic (exact) mass is 1540 g/mol. The molecule has 568 valence electrons. The summed E-state index contributed by atoms with van der Waals surface area (Å²) < 4.78 is 33.9. The molecule has 12 rings (SSSR count). The van der Waals surface area contributed by atoms with Gasteiger partial charge in [-0.2, -0.15) is 0 Å². The van der Waals surface area contributed by atoms with Gasteiger partial charge >= 0.3 is 0 Å². The summed E-state index contributed by atoms with van der Waals surface area (Å²) in [5.41, 5.74) is 8.33. The Labute approximate surface area is 659 Å². The fourth-order valence-corrected chi connectivity index (χ4v) is 25.5. The molecule has 0 amide bonds. The van der Waals surface area contributed by atoms with Gasteiger partial charge in [-0.3, -0.25) is 9.59 Å². The maximum absolute atomic E-state index is 12.9. The number of ether oxygens (including phenoxy) is 4. The van der Waals surface area contributed by atoms with Crippen LogP contribution in [0, 0.1) is 0 Å². The third-order valence-corrected chi connectivity index (χ3v) is 30.2. The van der Waals surface area contributed by atoms with Crippen LogP contribution in [-0.4, -0.2) is 39.0 Å². The predicted molar refractivity (Wildman–Crippen MR) is 461 cm³/mol. The van der Waals surface area contributed by atoms with Crippen LogP contribution in [0.4, 0.5) is 0 Å². The number of carbonyl (C=O) groups excluding carboxylic acids is 2. The van der Waals surface area contributed by atoms with Crippen molar-refractivity contribution in [3.05, 3.63) is 163 Å². The minimum atomic E-state index is -0.782. The molecular formula is C94H120O6S6. The van der Waals surface area contributed by atoms with Crippen LogP contribution >= 0.6 is 68.0 Å². The number of thiophene rings is 6. The van der Waals surface area contributed by atoms with Crippen molar-refractivity contribution in [2.45, 2.75) is 295 Å². The standard InChI is InChI=1S/C94H120O6S6/c1-5-9-13-17-21-25-29-33-37-41-61-97-73-53-45-69(46-54-73)93(70-47-55-74(56-48-70)98-62-42-38-34-30-26-22-18-14-10-6-2)81-85-79(65-77(67-95)101-85)103-87(81)89-83(93)91-92(105-89)84-90(106-91)88-82(86-80(104-88)66-78(68-96)102-86)94(84,71-49-57-75(58-50-71)99-63-43-39-35-31-27-23-19-15-11-7-3)72-51-59-76(60-52-72)100-64-44-40-36-32-28-24-20-16-12-8-4/h45-60,65-68H,5-44,61-64H2,1-4H3. The first-order valence-electron chi connectivity index (χ1n) is 42.0. The van der Waals surface area contributed by atoms with E-state index in [0.29, 0.717) is 26.4 Å². The zero-order valence-corrected chi connectivity index (χ0v) is 69.5. The smallest absolute Gasteiger partial charge is 0.160 e. The molecule has 4 aromatic carbocycles. The van der Waals surface area contributed by atoms with Gasteiger partial charge < -0.3 is 18.9 Å². The second-order valence-electron chi connectivity index (χ2n) is 30.5. The molecule has 6 nitrogen and oxygen atoms in total. The maximum atomic E-state index is 12.9. The fraction of sp³-hybridized carbons (Fsp3) is 0.532. The third-order valence-electron chi connectivity index (χ3n) is 22.6. The summed E-state index contributed by atoms with van der Waals surface area (Å²) in [6, 6.07) is 40.9. The highest BCUT2D eigenvalue weighted by atomic mass is 32.1. The predicted octanol–water partition coefficient (Wildman–Crippen LogP) is 31.1. The number of fused-ring (bicyclic) bond motifs is 13. The summed E-state index contributed by atoms with van der Waals surface area (Å²) >= 11 is 10.9. The molecule has 0 atom stereocenters. The summed E-state index contributed by atoms with van der Waals surface area (Å²) in [6.07, 6.45) is 53.5. The van der Waals surface area contributed by atoms with Gasteiger partial charge in [0.15, 0.2) is 12.6 Å². The van der Waals surface area contributed by atoms with Gasteiger partial charge in [0, 0.05) is 31.7 Å². The van der Waals surface area contributed by atoms with Crippen LogP contribution in [0.5, 0.6) is 23.0 Å². The Balaban J connectivity index is 0.929. The highest BCUT2D eigenvalue weighted by molar-refractivity contribution is 7.37. The van der Waals surface area contributed by atoms with Crippen molar-refractivity contribution in [2.75, 3.05) is 26.4 Å². The first-order chi connectivity index (χ1) is 52.4. The van der Waals surface area contributed by atoms with Gasteiger partial charge in [-0.1, -0.05) is 307 Å². The highest BCUT2D eigenvalue weighted by Crippen LogP contribution is 2.72. The first kappa shape index (κ1) is 79.9. The minimum Gasteiger partial charge on any atom is -0.494 e. The van der Waals surface area contributed by atoms with Crippen LogP contribution in [-0.2, 0) is 10.8 Å². The molecule has 10 aromatic rings. The van der Waals surface area contributed by atoms with Gasteiger partial charge in [0.25, 0.3) is 0 Å². The van der Waals surface area contributed by atoms with Crippen molar-refractivity contribution >= 4 is 109 Å². The largest absolute Gasteiger partial charge is 0.494 e. The number of aldehydes is 2. The maximum Gasteiger partial charge on any atom is 0.160 e. The van der Waals surface area contributed by atoms with Crippen molar-refractivity contribution in [3.8, 4) is 42.5 Å². The fourth-order valence-electron chi connectivity index (χ4n) is 16.9. The Hall–Kier alpha value is -5.60.